The predicted octanol–water partition coefficient (Wildman–Crippen LogP) is 6.41. The van der Waals surface area contributed by atoms with E-state index in [1.54, 1.807) is 0 Å². The molecule has 0 fully saturated rings. The molecule has 4 nitrogen and oxygen atoms in total. The highest BCUT2D eigenvalue weighted by molar-refractivity contribution is 14.1. The zero-order chi connectivity index (χ0) is 21.1. The van der Waals surface area contributed by atoms with Crippen molar-refractivity contribution >= 4 is 89.9 Å². The summed E-state index contributed by atoms with van der Waals surface area (Å²) in [6, 6.07) is 24.1. The van der Waals surface area contributed by atoms with Crippen molar-refractivity contribution in [2.24, 2.45) is 0 Å². The second-order valence-corrected chi connectivity index (χ2v) is 8.31. The van der Waals surface area contributed by atoms with Crippen LogP contribution in [0.1, 0.15) is 0 Å². The van der Waals surface area contributed by atoms with Crippen LogP contribution >= 0.6 is 45.2 Å². The van der Waals surface area contributed by atoms with Gasteiger partial charge < -0.3 is 10.6 Å². The number of nitrogens with one attached hydrogen (secondary N) is 2. The molecule has 30 heavy (non-hydrogen) atoms. The van der Waals surface area contributed by atoms with E-state index in [-0.39, 0.29) is 11.8 Å². The lowest BCUT2D eigenvalue weighted by Crippen LogP contribution is -2.15. The molecule has 0 aliphatic heterocycles. The SMILES string of the molecule is O=C(CI)Nc1ccc2ccccc2c1-c1c(NC(=O)CI)ccc2ccccc12. The number of hydrogen-bond acceptors (Lipinski definition) is 2. The van der Waals surface area contributed by atoms with Gasteiger partial charge in [-0.1, -0.05) is 106 Å². The summed E-state index contributed by atoms with van der Waals surface area (Å²) >= 11 is 4.11. The van der Waals surface area contributed by atoms with Crippen LogP contribution in [0, 0.1) is 0 Å². The van der Waals surface area contributed by atoms with Crippen molar-refractivity contribution in [1.82, 2.24) is 0 Å². The van der Waals surface area contributed by atoms with E-state index >= 15 is 0 Å². The maximum Gasteiger partial charge on any atom is 0.234 e. The zero-order valence-electron chi connectivity index (χ0n) is 15.9. The highest BCUT2D eigenvalue weighted by Crippen LogP contribution is 2.43. The normalized spacial score (nSPS) is 10.9. The van der Waals surface area contributed by atoms with Crippen LogP contribution in [-0.2, 0) is 9.59 Å². The van der Waals surface area contributed by atoms with Gasteiger partial charge in [-0.15, -0.1) is 0 Å². The van der Waals surface area contributed by atoms with E-state index in [1.165, 1.54) is 0 Å². The number of alkyl halides is 2. The number of rotatable bonds is 5. The Morgan fingerprint density at radius 1 is 0.600 bits per heavy atom. The van der Waals surface area contributed by atoms with Crippen LogP contribution in [0.4, 0.5) is 11.4 Å². The summed E-state index contributed by atoms with van der Waals surface area (Å²) in [4.78, 5) is 24.6. The molecule has 150 valence electrons. The first kappa shape index (κ1) is 21.0. The van der Waals surface area contributed by atoms with Crippen molar-refractivity contribution in [3.8, 4) is 11.1 Å². The molecule has 4 rings (SSSR count). The second-order valence-electron chi connectivity index (χ2n) is 6.78. The molecular weight excluding hydrogens is 602 g/mol. The molecule has 0 aliphatic rings. The van der Waals surface area contributed by atoms with Gasteiger partial charge in [0.15, 0.2) is 0 Å². The Labute approximate surface area is 201 Å². The fraction of sp³-hybridized carbons (Fsp3) is 0.0833. The molecular formula is C24H18I2N2O2. The first-order valence-corrected chi connectivity index (χ1v) is 12.4. The quantitative estimate of drug-likeness (QED) is 0.200. The van der Waals surface area contributed by atoms with Crippen LogP contribution in [0.5, 0.6) is 0 Å². The maximum absolute atomic E-state index is 12.3. The van der Waals surface area contributed by atoms with Crippen LogP contribution in [-0.4, -0.2) is 20.7 Å². The van der Waals surface area contributed by atoms with Crippen LogP contribution < -0.4 is 10.6 Å². The summed E-state index contributed by atoms with van der Waals surface area (Å²) in [7, 11) is 0. The Kier molecular flexibility index (Phi) is 6.52. The largest absolute Gasteiger partial charge is 0.325 e. The van der Waals surface area contributed by atoms with Gasteiger partial charge >= 0.3 is 0 Å². The van der Waals surface area contributed by atoms with Crippen molar-refractivity contribution in [2.45, 2.75) is 0 Å². The van der Waals surface area contributed by atoms with Gasteiger partial charge in [-0.25, -0.2) is 0 Å². The van der Waals surface area contributed by atoms with E-state index in [0.29, 0.717) is 8.86 Å². The van der Waals surface area contributed by atoms with E-state index in [2.05, 4.69) is 80.1 Å². The first-order chi connectivity index (χ1) is 14.6. The number of fused-ring (bicyclic) bond motifs is 2. The van der Waals surface area contributed by atoms with E-state index in [0.717, 1.165) is 44.0 Å². The number of amides is 2. The Morgan fingerprint density at radius 2 is 1.00 bits per heavy atom. The molecule has 0 aromatic heterocycles. The van der Waals surface area contributed by atoms with Crippen molar-refractivity contribution in [2.75, 3.05) is 19.5 Å². The van der Waals surface area contributed by atoms with Crippen molar-refractivity contribution in [1.29, 1.82) is 0 Å². The molecule has 0 saturated heterocycles. The Balaban J connectivity index is 2.10. The van der Waals surface area contributed by atoms with Gasteiger partial charge in [0.2, 0.25) is 11.8 Å². The highest BCUT2D eigenvalue weighted by atomic mass is 127. The van der Waals surface area contributed by atoms with E-state index in [1.807, 2.05) is 48.5 Å². The van der Waals surface area contributed by atoms with Crippen LogP contribution in [0.3, 0.4) is 0 Å². The summed E-state index contributed by atoms with van der Waals surface area (Å²) < 4.78 is 0.718. The lowest BCUT2D eigenvalue weighted by molar-refractivity contribution is -0.114. The molecule has 0 saturated carbocycles. The third-order valence-electron chi connectivity index (χ3n) is 4.90. The Morgan fingerprint density at radius 3 is 1.40 bits per heavy atom. The number of carbonyl (C=O) groups excluding carboxylic acids is 2. The van der Waals surface area contributed by atoms with E-state index < -0.39 is 0 Å². The highest BCUT2D eigenvalue weighted by Gasteiger charge is 2.19. The van der Waals surface area contributed by atoms with Gasteiger partial charge in [0.05, 0.1) is 8.86 Å². The molecule has 0 spiro atoms. The fourth-order valence-electron chi connectivity index (χ4n) is 3.66. The number of halogens is 2. The van der Waals surface area contributed by atoms with E-state index in [4.69, 9.17) is 0 Å². The summed E-state index contributed by atoms with van der Waals surface area (Å²) in [5, 5.41) is 10.3. The summed E-state index contributed by atoms with van der Waals surface area (Å²) in [6.07, 6.45) is 0. The topological polar surface area (TPSA) is 58.2 Å². The average Bonchev–Trinajstić information content (AvgIpc) is 2.79. The lowest BCUT2D eigenvalue weighted by Gasteiger charge is -2.19. The minimum atomic E-state index is -0.0646. The number of benzene rings is 4. The third-order valence-corrected chi connectivity index (χ3v) is 6.28. The van der Waals surface area contributed by atoms with Crippen LogP contribution in [0.2, 0.25) is 0 Å². The molecule has 6 heteroatoms. The number of carbonyl (C=O) groups is 2. The second kappa shape index (κ2) is 9.30. The van der Waals surface area contributed by atoms with Gasteiger partial charge in [-0.3, -0.25) is 9.59 Å². The zero-order valence-corrected chi connectivity index (χ0v) is 20.2. The standard InChI is InChI=1S/C24H18I2N2O2/c25-13-21(29)27-19-11-9-15-5-1-3-7-17(15)23(19)24-18-8-4-2-6-16(18)10-12-20(24)28-22(30)14-26/h1-12H,13-14H2,(H,27,29)(H,28,30). The van der Waals surface area contributed by atoms with Gasteiger partial charge in [0.1, 0.15) is 0 Å². The van der Waals surface area contributed by atoms with Crippen LogP contribution in [0.25, 0.3) is 32.7 Å². The van der Waals surface area contributed by atoms with Gasteiger partial charge in [0, 0.05) is 22.5 Å². The molecule has 4 aromatic carbocycles. The van der Waals surface area contributed by atoms with Gasteiger partial charge in [0.25, 0.3) is 0 Å². The number of hydrogen-bond donors (Lipinski definition) is 2. The fourth-order valence-corrected chi connectivity index (χ4v) is 4.04. The van der Waals surface area contributed by atoms with Crippen LogP contribution in [0.15, 0.2) is 72.8 Å². The Hall–Kier alpha value is -2.20. The van der Waals surface area contributed by atoms with E-state index in [9.17, 15) is 9.59 Å². The Bertz CT molecular complexity index is 1170. The lowest BCUT2D eigenvalue weighted by atomic mass is 9.91. The van der Waals surface area contributed by atoms with Gasteiger partial charge in [-0.05, 0) is 33.7 Å². The first-order valence-electron chi connectivity index (χ1n) is 9.38. The molecule has 2 amide bonds. The summed E-state index contributed by atoms with van der Waals surface area (Å²) in [6.45, 7) is 0. The monoisotopic (exact) mass is 620 g/mol. The predicted molar refractivity (Wildman–Crippen MR) is 142 cm³/mol. The maximum atomic E-state index is 12.3. The van der Waals surface area contributed by atoms with Crippen molar-refractivity contribution < 1.29 is 9.59 Å². The molecule has 0 unspecified atom stereocenters. The van der Waals surface area contributed by atoms with Gasteiger partial charge in [-0.2, -0.15) is 0 Å². The molecule has 0 heterocycles. The minimum Gasteiger partial charge on any atom is -0.325 e. The molecule has 0 atom stereocenters. The molecule has 0 radical (unpaired) electrons. The molecule has 4 aromatic rings. The van der Waals surface area contributed by atoms with Crippen molar-refractivity contribution in [3.63, 3.8) is 0 Å². The minimum absolute atomic E-state index is 0.0646. The molecule has 0 bridgehead atoms. The third kappa shape index (κ3) is 4.15. The smallest absolute Gasteiger partial charge is 0.234 e. The van der Waals surface area contributed by atoms with Crippen molar-refractivity contribution in [3.05, 3.63) is 72.8 Å². The summed E-state index contributed by atoms with van der Waals surface area (Å²) in [5.41, 5.74) is 3.28. The number of anilines is 2. The summed E-state index contributed by atoms with van der Waals surface area (Å²) in [5.74, 6) is -0.129. The molecule has 2 N–H and O–H groups in total. The average molecular weight is 620 g/mol. The molecule has 0 aliphatic carbocycles.